The van der Waals surface area contributed by atoms with Crippen molar-refractivity contribution in [2.75, 3.05) is 11.9 Å². The fraction of sp³-hybridized carbons (Fsp3) is 0.261. The molecule has 0 aliphatic carbocycles. The zero-order chi connectivity index (χ0) is 20.8. The van der Waals surface area contributed by atoms with E-state index >= 15 is 0 Å². The molecule has 1 aliphatic rings. The number of aryl methyl sites for hydroxylation is 2. The van der Waals surface area contributed by atoms with Crippen molar-refractivity contribution < 1.29 is 9.59 Å². The minimum absolute atomic E-state index is 0.0967. The predicted molar refractivity (Wildman–Crippen MR) is 121 cm³/mol. The van der Waals surface area contributed by atoms with Gasteiger partial charge in [0.15, 0.2) is 5.17 Å². The molecule has 0 aromatic heterocycles. The van der Waals surface area contributed by atoms with Gasteiger partial charge in [-0.3, -0.25) is 14.5 Å². The standard InChI is InChI=1S/C23H25N3O2S/c1-4-13-26-22(28)20(15-21(27)25-19-12-7-6-9-16(19)3)29-23(26)24-18-11-8-10-17(5-2)14-18/h4,6-12,14,20H,1,5,13,15H2,2-3H3,(H,25,27)/t20-/m1/s1. The zero-order valence-corrected chi connectivity index (χ0v) is 17.5. The molecule has 0 saturated carbocycles. The summed E-state index contributed by atoms with van der Waals surface area (Å²) in [5.41, 5.74) is 3.74. The van der Waals surface area contributed by atoms with Crippen LogP contribution in [0, 0.1) is 6.92 Å². The van der Waals surface area contributed by atoms with Crippen LogP contribution in [0.3, 0.4) is 0 Å². The highest BCUT2D eigenvalue weighted by atomic mass is 32.2. The van der Waals surface area contributed by atoms with E-state index in [4.69, 9.17) is 0 Å². The van der Waals surface area contributed by atoms with Crippen molar-refractivity contribution in [3.05, 3.63) is 72.3 Å². The number of amides is 2. The van der Waals surface area contributed by atoms with Crippen molar-refractivity contribution >= 4 is 40.1 Å². The summed E-state index contributed by atoms with van der Waals surface area (Å²) in [6, 6.07) is 15.5. The van der Waals surface area contributed by atoms with Crippen LogP contribution in [0.25, 0.3) is 0 Å². The number of aliphatic imine (C=N–C) groups is 1. The number of benzene rings is 2. The SMILES string of the molecule is C=CCN1C(=O)[C@@H](CC(=O)Nc2ccccc2C)SC1=Nc1cccc(CC)c1. The Hall–Kier alpha value is -2.86. The number of rotatable bonds is 7. The lowest BCUT2D eigenvalue weighted by molar-refractivity contribution is -0.127. The molecule has 150 valence electrons. The number of nitrogens with one attached hydrogen (secondary N) is 1. The highest BCUT2D eigenvalue weighted by molar-refractivity contribution is 8.15. The number of hydrogen-bond donors (Lipinski definition) is 1. The van der Waals surface area contributed by atoms with E-state index in [1.54, 1.807) is 11.0 Å². The smallest absolute Gasteiger partial charge is 0.242 e. The summed E-state index contributed by atoms with van der Waals surface area (Å²) in [6.45, 7) is 8.14. The maximum absolute atomic E-state index is 12.9. The molecule has 6 heteroatoms. The molecule has 3 rings (SSSR count). The molecule has 1 heterocycles. The van der Waals surface area contributed by atoms with Crippen molar-refractivity contribution in [3.8, 4) is 0 Å². The highest BCUT2D eigenvalue weighted by Gasteiger charge is 2.38. The van der Waals surface area contributed by atoms with Crippen LogP contribution >= 0.6 is 11.8 Å². The van der Waals surface area contributed by atoms with Crippen molar-refractivity contribution in [3.63, 3.8) is 0 Å². The number of amidine groups is 1. The number of hydrogen-bond acceptors (Lipinski definition) is 4. The number of nitrogens with zero attached hydrogens (tertiary/aromatic N) is 2. The molecule has 29 heavy (non-hydrogen) atoms. The third kappa shape index (κ3) is 5.15. The summed E-state index contributed by atoms with van der Waals surface area (Å²) in [5, 5.41) is 3.02. The monoisotopic (exact) mass is 407 g/mol. The summed E-state index contributed by atoms with van der Waals surface area (Å²) >= 11 is 1.34. The number of carbonyl (C=O) groups excluding carboxylic acids is 2. The molecule has 0 unspecified atom stereocenters. The van der Waals surface area contributed by atoms with Gasteiger partial charge in [-0.25, -0.2) is 4.99 Å². The van der Waals surface area contributed by atoms with Gasteiger partial charge in [0.05, 0.1) is 5.69 Å². The molecule has 0 spiro atoms. The van der Waals surface area contributed by atoms with E-state index in [2.05, 4.69) is 29.9 Å². The van der Waals surface area contributed by atoms with Gasteiger partial charge < -0.3 is 5.32 Å². The Kier molecular flexibility index (Phi) is 6.88. The lowest BCUT2D eigenvalue weighted by atomic mass is 10.1. The number of para-hydroxylation sites is 1. The van der Waals surface area contributed by atoms with Crippen LogP contribution < -0.4 is 5.32 Å². The first-order chi connectivity index (χ1) is 14.0. The molecule has 1 aliphatic heterocycles. The lowest BCUT2D eigenvalue weighted by Crippen LogP contribution is -2.33. The quantitative estimate of drug-likeness (QED) is 0.677. The minimum Gasteiger partial charge on any atom is -0.326 e. The summed E-state index contributed by atoms with van der Waals surface area (Å²) in [5.74, 6) is -0.293. The predicted octanol–water partition coefficient (Wildman–Crippen LogP) is 4.70. The van der Waals surface area contributed by atoms with Gasteiger partial charge in [-0.05, 0) is 42.7 Å². The molecule has 0 radical (unpaired) electrons. The van der Waals surface area contributed by atoms with Crippen molar-refractivity contribution in [2.24, 2.45) is 4.99 Å². The number of anilines is 1. The van der Waals surface area contributed by atoms with Gasteiger partial charge in [0.1, 0.15) is 5.25 Å². The van der Waals surface area contributed by atoms with Gasteiger partial charge in [0.25, 0.3) is 0 Å². The van der Waals surface area contributed by atoms with E-state index in [-0.39, 0.29) is 18.2 Å². The van der Waals surface area contributed by atoms with E-state index in [1.165, 1.54) is 17.3 Å². The topological polar surface area (TPSA) is 61.8 Å². The second-order valence-electron chi connectivity index (χ2n) is 6.83. The molecule has 1 N–H and O–H groups in total. The van der Waals surface area contributed by atoms with E-state index in [1.807, 2.05) is 49.4 Å². The van der Waals surface area contributed by atoms with Crippen LogP contribution in [0.1, 0.15) is 24.5 Å². The van der Waals surface area contributed by atoms with E-state index in [0.29, 0.717) is 11.7 Å². The fourth-order valence-corrected chi connectivity index (χ4v) is 4.23. The Morgan fingerprint density at radius 3 is 2.79 bits per heavy atom. The maximum Gasteiger partial charge on any atom is 0.242 e. The first-order valence-electron chi connectivity index (χ1n) is 9.64. The van der Waals surface area contributed by atoms with Gasteiger partial charge >= 0.3 is 0 Å². The molecule has 1 atom stereocenters. The Balaban J connectivity index is 1.76. The third-order valence-corrected chi connectivity index (χ3v) is 5.84. The average Bonchev–Trinajstić information content (AvgIpc) is 2.99. The van der Waals surface area contributed by atoms with Gasteiger partial charge in [-0.15, -0.1) is 6.58 Å². The molecule has 1 saturated heterocycles. The number of thioether (sulfide) groups is 1. The summed E-state index contributed by atoms with van der Waals surface area (Å²) in [7, 11) is 0. The summed E-state index contributed by atoms with van der Waals surface area (Å²) in [4.78, 5) is 31.7. The minimum atomic E-state index is -0.493. The van der Waals surface area contributed by atoms with E-state index < -0.39 is 5.25 Å². The lowest BCUT2D eigenvalue weighted by Gasteiger charge is -2.14. The molecular formula is C23H25N3O2S. The van der Waals surface area contributed by atoms with E-state index in [0.717, 1.165) is 23.4 Å². The van der Waals surface area contributed by atoms with Crippen LogP contribution in [0.15, 0.2) is 66.2 Å². The Bertz CT molecular complexity index is 955. The van der Waals surface area contributed by atoms with Gasteiger partial charge in [0.2, 0.25) is 11.8 Å². The molecule has 1 fully saturated rings. The summed E-state index contributed by atoms with van der Waals surface area (Å²) < 4.78 is 0. The zero-order valence-electron chi connectivity index (χ0n) is 16.7. The number of carbonyl (C=O) groups is 2. The largest absolute Gasteiger partial charge is 0.326 e. The molecule has 2 amide bonds. The maximum atomic E-state index is 12.9. The van der Waals surface area contributed by atoms with E-state index in [9.17, 15) is 9.59 Å². The van der Waals surface area contributed by atoms with Crippen LogP contribution in [0.5, 0.6) is 0 Å². The molecule has 2 aromatic rings. The van der Waals surface area contributed by atoms with Crippen LogP contribution in [-0.4, -0.2) is 33.7 Å². The fourth-order valence-electron chi connectivity index (χ4n) is 3.06. The molecule has 5 nitrogen and oxygen atoms in total. The van der Waals surface area contributed by atoms with Crippen LogP contribution in [0.2, 0.25) is 0 Å². The van der Waals surface area contributed by atoms with Crippen molar-refractivity contribution in [1.29, 1.82) is 0 Å². The van der Waals surface area contributed by atoms with Gasteiger partial charge in [0, 0.05) is 18.7 Å². The molecule has 0 bridgehead atoms. The van der Waals surface area contributed by atoms with Crippen LogP contribution in [0.4, 0.5) is 11.4 Å². The Labute approximate surface area is 175 Å². The highest BCUT2D eigenvalue weighted by Crippen LogP contribution is 2.32. The third-order valence-electron chi connectivity index (χ3n) is 4.67. The van der Waals surface area contributed by atoms with Gasteiger partial charge in [-0.2, -0.15) is 0 Å². The molecular weight excluding hydrogens is 382 g/mol. The van der Waals surface area contributed by atoms with Crippen molar-refractivity contribution in [2.45, 2.75) is 31.9 Å². The Morgan fingerprint density at radius 2 is 2.07 bits per heavy atom. The first kappa shape index (κ1) is 20.9. The second-order valence-corrected chi connectivity index (χ2v) is 8.00. The van der Waals surface area contributed by atoms with Crippen LogP contribution in [-0.2, 0) is 16.0 Å². The normalized spacial score (nSPS) is 17.6. The van der Waals surface area contributed by atoms with Crippen molar-refractivity contribution in [1.82, 2.24) is 4.90 Å². The average molecular weight is 408 g/mol. The second kappa shape index (κ2) is 9.56. The Morgan fingerprint density at radius 1 is 1.28 bits per heavy atom. The first-order valence-corrected chi connectivity index (χ1v) is 10.5. The van der Waals surface area contributed by atoms with Gasteiger partial charge in [-0.1, -0.05) is 55.1 Å². The summed E-state index contributed by atoms with van der Waals surface area (Å²) in [6.07, 6.45) is 2.69. The molecule has 2 aromatic carbocycles.